The van der Waals surface area contributed by atoms with Crippen molar-refractivity contribution in [2.24, 2.45) is 0 Å². The summed E-state index contributed by atoms with van der Waals surface area (Å²) in [7, 11) is -3.16. The third kappa shape index (κ3) is 11.5. The van der Waals surface area contributed by atoms with Gasteiger partial charge in [-0.2, -0.15) is 0 Å². The first-order valence-corrected chi connectivity index (χ1v) is 13.0. The van der Waals surface area contributed by atoms with Crippen LogP contribution in [-0.2, 0) is 25.2 Å². The van der Waals surface area contributed by atoms with Gasteiger partial charge in [-0.3, -0.25) is 0 Å². The minimum absolute atomic E-state index is 0. The molecule has 0 heterocycles. The van der Waals surface area contributed by atoms with Crippen molar-refractivity contribution in [2.75, 3.05) is 0 Å². The normalized spacial score (nSPS) is 11.3. The zero-order valence-electron chi connectivity index (χ0n) is 14.5. The van der Waals surface area contributed by atoms with Crippen molar-refractivity contribution >= 4 is 16.6 Å². The molecule has 4 radical (unpaired) electrons. The molecule has 0 atom stereocenters. The number of benzene rings is 1. The second-order valence-corrected chi connectivity index (χ2v) is 14.4. The SMILES string of the molecule is Cc1cc(C)cc(C)c1.[CH2][CH][Si](C)(C)O[Si](C)(C)[CH][CH2].[Pt]. The summed E-state index contributed by atoms with van der Waals surface area (Å²) in [4.78, 5) is 0. The van der Waals surface area contributed by atoms with Crippen LogP contribution >= 0.6 is 0 Å². The third-order valence-corrected chi connectivity index (χ3v) is 9.05. The number of aryl methyl sites for hydroxylation is 3. The Kier molecular flexibility index (Phi) is 11.4. The second kappa shape index (κ2) is 10.1. The minimum Gasteiger partial charge on any atom is -0.455 e. The molecule has 0 aliphatic carbocycles. The van der Waals surface area contributed by atoms with Gasteiger partial charge in [0, 0.05) is 21.1 Å². The molecule has 0 bridgehead atoms. The largest absolute Gasteiger partial charge is 0.455 e. The zero-order valence-corrected chi connectivity index (χ0v) is 18.8. The molecule has 0 amide bonds. The van der Waals surface area contributed by atoms with Crippen LogP contribution < -0.4 is 0 Å². The van der Waals surface area contributed by atoms with Crippen LogP contribution in [0.15, 0.2) is 18.2 Å². The minimum atomic E-state index is -1.58. The van der Waals surface area contributed by atoms with Crippen molar-refractivity contribution in [3.05, 3.63) is 60.8 Å². The first kappa shape index (κ1) is 23.6. The second-order valence-electron chi connectivity index (χ2n) is 6.38. The molecule has 0 N–H and O–H groups in total. The standard InChI is InChI=1S/C9H12.C8H18OSi2.Pt/c1-7-4-8(2)6-9(3)5-7;1-7-10(3,4)9-11(5,6)8-2;/h4-6H,1-3H3;7-8H,1-2H2,3-6H3;. The summed E-state index contributed by atoms with van der Waals surface area (Å²) in [5.41, 5.74) is 4.06. The van der Waals surface area contributed by atoms with E-state index in [9.17, 15) is 0 Å². The van der Waals surface area contributed by atoms with E-state index in [0.717, 1.165) is 0 Å². The zero-order chi connectivity index (χ0) is 16.0. The quantitative estimate of drug-likeness (QED) is 0.517. The van der Waals surface area contributed by atoms with Gasteiger partial charge in [0.15, 0.2) is 16.6 Å². The fourth-order valence-corrected chi connectivity index (χ4v) is 8.05. The maximum Gasteiger partial charge on any atom is 0.176 e. The summed E-state index contributed by atoms with van der Waals surface area (Å²) in [6.45, 7) is 22.5. The summed E-state index contributed by atoms with van der Waals surface area (Å²) in [6, 6.07) is 10.5. The van der Waals surface area contributed by atoms with Gasteiger partial charge in [-0.05, 0) is 59.0 Å². The van der Waals surface area contributed by atoms with Gasteiger partial charge in [0.25, 0.3) is 0 Å². The molecule has 1 aromatic carbocycles. The smallest absolute Gasteiger partial charge is 0.176 e. The maximum atomic E-state index is 5.97. The summed E-state index contributed by atoms with van der Waals surface area (Å²) < 4.78 is 5.97. The molecule has 0 fully saturated rings. The van der Waals surface area contributed by atoms with Gasteiger partial charge >= 0.3 is 0 Å². The van der Waals surface area contributed by atoms with Crippen LogP contribution in [0.5, 0.6) is 0 Å². The van der Waals surface area contributed by atoms with Crippen molar-refractivity contribution in [1.82, 2.24) is 0 Å². The van der Waals surface area contributed by atoms with E-state index in [4.69, 9.17) is 4.12 Å². The molecule has 0 unspecified atom stereocenters. The van der Waals surface area contributed by atoms with E-state index in [0.29, 0.717) is 0 Å². The van der Waals surface area contributed by atoms with Crippen LogP contribution in [0, 0.1) is 46.7 Å². The molecule has 0 aromatic heterocycles. The van der Waals surface area contributed by atoms with Crippen molar-refractivity contribution in [3.63, 3.8) is 0 Å². The van der Waals surface area contributed by atoms with Gasteiger partial charge in [0.05, 0.1) is 0 Å². The number of rotatable bonds is 4. The molecule has 0 spiro atoms. The third-order valence-electron chi connectivity index (χ3n) is 2.88. The van der Waals surface area contributed by atoms with Gasteiger partial charge in [-0.15, -0.1) is 0 Å². The monoisotopic (exact) mass is 501 g/mol. The molecule has 1 aromatic rings. The summed E-state index contributed by atoms with van der Waals surface area (Å²) >= 11 is 0. The van der Waals surface area contributed by atoms with E-state index in [1.165, 1.54) is 16.7 Å². The average molecular weight is 502 g/mol. The first-order chi connectivity index (χ1) is 9.01. The topological polar surface area (TPSA) is 9.23 Å². The van der Waals surface area contributed by atoms with Crippen LogP contribution in [0.1, 0.15) is 16.7 Å². The average Bonchev–Trinajstić information content (AvgIpc) is 2.26. The van der Waals surface area contributed by atoms with E-state index < -0.39 is 16.6 Å². The Morgan fingerprint density at radius 3 is 1.19 bits per heavy atom. The van der Waals surface area contributed by atoms with Crippen molar-refractivity contribution in [2.45, 2.75) is 47.0 Å². The Morgan fingerprint density at radius 1 is 0.762 bits per heavy atom. The Labute approximate surface area is 149 Å². The van der Waals surface area contributed by atoms with Crippen molar-refractivity contribution in [1.29, 1.82) is 0 Å². The van der Waals surface area contributed by atoms with Crippen LogP contribution in [0.25, 0.3) is 0 Å². The van der Waals surface area contributed by atoms with Crippen molar-refractivity contribution in [3.8, 4) is 0 Å². The predicted octanol–water partition coefficient (Wildman–Crippen LogP) is 5.18. The van der Waals surface area contributed by atoms with Gasteiger partial charge in [-0.25, -0.2) is 0 Å². The molecule has 4 heteroatoms. The number of hydrogen-bond donors (Lipinski definition) is 0. The van der Waals surface area contributed by atoms with Gasteiger partial charge < -0.3 is 4.12 Å². The van der Waals surface area contributed by atoms with Crippen LogP contribution in [-0.4, -0.2) is 16.6 Å². The van der Waals surface area contributed by atoms with Crippen LogP contribution in [0.2, 0.25) is 26.2 Å². The van der Waals surface area contributed by atoms with Gasteiger partial charge in [-0.1, -0.05) is 48.7 Å². The van der Waals surface area contributed by atoms with Gasteiger partial charge in [0.2, 0.25) is 0 Å². The number of hydrogen-bond acceptors (Lipinski definition) is 1. The van der Waals surface area contributed by atoms with Crippen LogP contribution in [0.3, 0.4) is 0 Å². The predicted molar refractivity (Wildman–Crippen MR) is 96.0 cm³/mol. The molecule has 122 valence electrons. The summed E-state index contributed by atoms with van der Waals surface area (Å²) in [5, 5.41) is 0. The maximum absolute atomic E-state index is 5.97. The van der Waals surface area contributed by atoms with Gasteiger partial charge in [0.1, 0.15) is 0 Å². The Hall–Kier alpha value is 0.302. The molecular weight excluding hydrogens is 471 g/mol. The fraction of sp³-hybridized carbons (Fsp3) is 0.412. The molecule has 0 saturated heterocycles. The molecule has 0 aliphatic heterocycles. The molecule has 0 aliphatic rings. The van der Waals surface area contributed by atoms with E-state index in [1.54, 1.807) is 0 Å². The molecule has 0 saturated carbocycles. The first-order valence-electron chi connectivity index (χ1n) is 7.03. The Balaban J connectivity index is 0. The molecule has 1 nitrogen and oxygen atoms in total. The Bertz CT molecular complexity index is 353. The molecular formula is C17H30OPtSi2. The molecule has 21 heavy (non-hydrogen) atoms. The van der Waals surface area contributed by atoms with E-state index in [2.05, 4.69) is 79.0 Å². The van der Waals surface area contributed by atoms with E-state index >= 15 is 0 Å². The fourth-order valence-electron chi connectivity index (χ4n) is 1.96. The van der Waals surface area contributed by atoms with E-state index in [1.807, 2.05) is 12.1 Å². The molecule has 1 rings (SSSR count). The van der Waals surface area contributed by atoms with Crippen LogP contribution in [0.4, 0.5) is 0 Å². The van der Waals surface area contributed by atoms with Crippen molar-refractivity contribution < 1.29 is 25.2 Å². The summed E-state index contributed by atoms with van der Waals surface area (Å²) in [5.74, 6) is 0. The Morgan fingerprint density at radius 2 is 1.00 bits per heavy atom. The summed E-state index contributed by atoms with van der Waals surface area (Å²) in [6.07, 6.45) is 0. The van der Waals surface area contributed by atoms with E-state index in [-0.39, 0.29) is 21.1 Å².